The van der Waals surface area contributed by atoms with E-state index in [9.17, 15) is 19.8 Å². The van der Waals surface area contributed by atoms with E-state index in [1.54, 1.807) is 13.8 Å². The van der Waals surface area contributed by atoms with Crippen LogP contribution in [-0.2, 0) is 20.7 Å². The molecule has 0 spiro atoms. The zero-order valence-electron chi connectivity index (χ0n) is 11.9. The molecule has 1 atom stereocenters. The third-order valence-electron chi connectivity index (χ3n) is 2.66. The van der Waals surface area contributed by atoms with Crippen LogP contribution in [0.3, 0.4) is 0 Å². The van der Waals surface area contributed by atoms with Crippen molar-refractivity contribution in [3.8, 4) is 11.5 Å². The summed E-state index contributed by atoms with van der Waals surface area (Å²) >= 11 is 0. The summed E-state index contributed by atoms with van der Waals surface area (Å²) in [5, 5.41) is 30.0. The maximum absolute atomic E-state index is 11.6. The Morgan fingerprint density at radius 1 is 1.24 bits per heavy atom. The number of phenols is 2. The van der Waals surface area contributed by atoms with Gasteiger partial charge in [0.15, 0.2) is 11.5 Å². The number of aliphatic carboxylic acids is 1. The number of rotatable bonds is 7. The van der Waals surface area contributed by atoms with Crippen molar-refractivity contribution < 1.29 is 29.6 Å². The Bertz CT molecular complexity index is 514. The molecule has 1 aromatic carbocycles. The molecule has 1 rings (SSSR count). The molecule has 0 heterocycles. The molecule has 7 heteroatoms. The number of carboxylic acids is 1. The first kappa shape index (κ1) is 16.8. The Morgan fingerprint density at radius 3 is 2.43 bits per heavy atom. The van der Waals surface area contributed by atoms with Crippen LogP contribution in [0.15, 0.2) is 18.2 Å². The van der Waals surface area contributed by atoms with Crippen molar-refractivity contribution in [3.63, 3.8) is 0 Å². The average Bonchev–Trinajstić information content (AvgIpc) is 2.39. The van der Waals surface area contributed by atoms with E-state index in [0.717, 1.165) is 0 Å². The van der Waals surface area contributed by atoms with Crippen LogP contribution >= 0.6 is 0 Å². The zero-order chi connectivity index (χ0) is 16.0. The van der Waals surface area contributed by atoms with Gasteiger partial charge in [-0.15, -0.1) is 0 Å². The van der Waals surface area contributed by atoms with Crippen LogP contribution in [0.1, 0.15) is 19.4 Å². The molecule has 1 amide bonds. The lowest BCUT2D eigenvalue weighted by Crippen LogP contribution is -2.44. The van der Waals surface area contributed by atoms with Gasteiger partial charge in [-0.3, -0.25) is 4.79 Å². The van der Waals surface area contributed by atoms with E-state index in [1.807, 2.05) is 0 Å². The first-order valence-corrected chi connectivity index (χ1v) is 6.44. The fourth-order valence-electron chi connectivity index (χ4n) is 1.61. The normalized spacial score (nSPS) is 12.1. The second kappa shape index (κ2) is 7.49. The molecule has 4 N–H and O–H groups in total. The topological polar surface area (TPSA) is 116 Å². The molecule has 0 aliphatic carbocycles. The summed E-state index contributed by atoms with van der Waals surface area (Å²) < 4.78 is 5.09. The highest BCUT2D eigenvalue weighted by Gasteiger charge is 2.21. The molecule has 0 bridgehead atoms. The Morgan fingerprint density at radius 2 is 1.90 bits per heavy atom. The minimum absolute atomic E-state index is 0.0173. The maximum atomic E-state index is 11.6. The number of ether oxygens (including phenoxy) is 1. The Hall–Kier alpha value is -2.28. The summed E-state index contributed by atoms with van der Waals surface area (Å²) in [6.07, 6.45) is -0.149. The van der Waals surface area contributed by atoms with E-state index < -0.39 is 17.9 Å². The molecule has 116 valence electrons. The largest absolute Gasteiger partial charge is 0.504 e. The van der Waals surface area contributed by atoms with Crippen molar-refractivity contribution in [1.29, 1.82) is 0 Å². The van der Waals surface area contributed by atoms with Gasteiger partial charge in [-0.1, -0.05) is 6.07 Å². The quantitative estimate of drug-likeness (QED) is 0.549. The Kier molecular flexibility index (Phi) is 5.98. The number of amides is 1. The molecule has 0 aliphatic rings. The summed E-state index contributed by atoms with van der Waals surface area (Å²) in [6, 6.07) is 2.84. The van der Waals surface area contributed by atoms with Crippen LogP contribution < -0.4 is 5.32 Å². The Labute approximate surface area is 122 Å². The fraction of sp³-hybridized carbons (Fsp3) is 0.429. The molecule has 0 aromatic heterocycles. The smallest absolute Gasteiger partial charge is 0.326 e. The molecule has 0 aliphatic heterocycles. The van der Waals surface area contributed by atoms with Crippen LogP contribution in [0.4, 0.5) is 0 Å². The highest BCUT2D eigenvalue weighted by atomic mass is 16.5. The maximum Gasteiger partial charge on any atom is 0.326 e. The summed E-state index contributed by atoms with van der Waals surface area (Å²) in [5.41, 5.74) is 0.475. The van der Waals surface area contributed by atoms with Crippen LogP contribution in [0, 0.1) is 0 Å². The average molecular weight is 297 g/mol. The van der Waals surface area contributed by atoms with Gasteiger partial charge in [0.1, 0.15) is 12.6 Å². The predicted molar refractivity (Wildman–Crippen MR) is 74.1 cm³/mol. The second-order valence-electron chi connectivity index (χ2n) is 4.85. The first-order chi connectivity index (χ1) is 9.79. The van der Waals surface area contributed by atoms with Crippen LogP contribution in [-0.4, -0.2) is 45.9 Å². The van der Waals surface area contributed by atoms with Gasteiger partial charge >= 0.3 is 5.97 Å². The van der Waals surface area contributed by atoms with Gasteiger partial charge in [0.25, 0.3) is 0 Å². The van der Waals surface area contributed by atoms with E-state index >= 15 is 0 Å². The molecule has 1 aromatic rings. The molecular weight excluding hydrogens is 278 g/mol. The summed E-state index contributed by atoms with van der Waals surface area (Å²) in [5.74, 6) is -2.36. The third kappa shape index (κ3) is 5.70. The third-order valence-corrected chi connectivity index (χ3v) is 2.66. The number of nitrogens with one attached hydrogen (secondary N) is 1. The van der Waals surface area contributed by atoms with Crippen molar-refractivity contribution in [1.82, 2.24) is 5.32 Å². The van der Waals surface area contributed by atoms with Crippen molar-refractivity contribution in [2.75, 3.05) is 6.61 Å². The number of aromatic hydroxyl groups is 2. The number of phenolic OH excluding ortho intramolecular Hbond substituents is 2. The molecule has 1 unspecified atom stereocenters. The van der Waals surface area contributed by atoms with E-state index in [4.69, 9.17) is 9.84 Å². The highest BCUT2D eigenvalue weighted by molar-refractivity contribution is 5.84. The molecule has 0 saturated carbocycles. The number of carbonyl (C=O) groups excluding carboxylic acids is 1. The van der Waals surface area contributed by atoms with Crippen molar-refractivity contribution in [2.45, 2.75) is 32.4 Å². The van der Waals surface area contributed by atoms with Gasteiger partial charge in [-0.2, -0.15) is 0 Å². The summed E-state index contributed by atoms with van der Waals surface area (Å²) in [7, 11) is 0. The highest BCUT2D eigenvalue weighted by Crippen LogP contribution is 2.25. The molecule has 0 fully saturated rings. The number of benzene rings is 1. The Balaban J connectivity index is 2.67. The molecule has 0 radical (unpaired) electrons. The minimum atomic E-state index is -1.19. The van der Waals surface area contributed by atoms with E-state index in [0.29, 0.717) is 5.56 Å². The van der Waals surface area contributed by atoms with Gasteiger partial charge in [-0.05, 0) is 31.5 Å². The lowest BCUT2D eigenvalue weighted by atomic mass is 10.1. The lowest BCUT2D eigenvalue weighted by Gasteiger charge is -2.15. The van der Waals surface area contributed by atoms with Crippen molar-refractivity contribution in [2.24, 2.45) is 0 Å². The predicted octanol–water partition coefficient (Wildman–Crippen LogP) is 0.635. The van der Waals surface area contributed by atoms with E-state index in [1.165, 1.54) is 18.2 Å². The SMILES string of the molecule is CC(C)OCC(=O)NC(Cc1ccc(O)c(O)c1)C(=O)O. The monoisotopic (exact) mass is 297 g/mol. The minimum Gasteiger partial charge on any atom is -0.504 e. The number of hydrogen-bond donors (Lipinski definition) is 4. The standard InChI is InChI=1S/C14H19NO6/c1-8(2)21-7-13(18)15-10(14(19)20)5-9-3-4-11(16)12(17)6-9/h3-4,6,8,10,16-17H,5,7H2,1-2H3,(H,15,18)(H,19,20). The van der Waals surface area contributed by atoms with Gasteiger partial charge in [-0.25, -0.2) is 4.79 Å². The van der Waals surface area contributed by atoms with Gasteiger partial charge in [0.05, 0.1) is 6.10 Å². The van der Waals surface area contributed by atoms with Crippen LogP contribution in [0.5, 0.6) is 11.5 Å². The summed E-state index contributed by atoms with van der Waals surface area (Å²) in [4.78, 5) is 22.7. The lowest BCUT2D eigenvalue weighted by molar-refractivity contribution is -0.142. The van der Waals surface area contributed by atoms with E-state index in [-0.39, 0.29) is 30.6 Å². The first-order valence-electron chi connectivity index (χ1n) is 6.44. The number of hydrogen-bond acceptors (Lipinski definition) is 5. The van der Waals surface area contributed by atoms with Crippen molar-refractivity contribution >= 4 is 11.9 Å². The zero-order valence-corrected chi connectivity index (χ0v) is 11.9. The molecule has 21 heavy (non-hydrogen) atoms. The molecular formula is C14H19NO6. The van der Waals surface area contributed by atoms with Gasteiger partial charge in [0, 0.05) is 6.42 Å². The second-order valence-corrected chi connectivity index (χ2v) is 4.85. The fourth-order valence-corrected chi connectivity index (χ4v) is 1.61. The summed E-state index contributed by atoms with van der Waals surface area (Å²) in [6.45, 7) is 3.31. The van der Waals surface area contributed by atoms with Crippen LogP contribution in [0.2, 0.25) is 0 Å². The van der Waals surface area contributed by atoms with Gasteiger partial charge in [0.2, 0.25) is 5.91 Å². The van der Waals surface area contributed by atoms with Crippen LogP contribution in [0.25, 0.3) is 0 Å². The molecule has 0 saturated heterocycles. The van der Waals surface area contributed by atoms with Gasteiger partial charge < -0.3 is 25.4 Å². The molecule has 7 nitrogen and oxygen atoms in total. The number of carboxylic acid groups (broad SMARTS) is 1. The van der Waals surface area contributed by atoms with E-state index in [2.05, 4.69) is 5.32 Å². The van der Waals surface area contributed by atoms with Crippen molar-refractivity contribution in [3.05, 3.63) is 23.8 Å². The number of carbonyl (C=O) groups is 2.